The summed E-state index contributed by atoms with van der Waals surface area (Å²) in [6.07, 6.45) is 8.08. The summed E-state index contributed by atoms with van der Waals surface area (Å²) in [6.45, 7) is 14.0. The van der Waals surface area contributed by atoms with E-state index in [4.69, 9.17) is 4.74 Å². The second kappa shape index (κ2) is 10.1. The Bertz CT molecular complexity index is 789. The van der Waals surface area contributed by atoms with Gasteiger partial charge in [0.25, 0.3) is 0 Å². The highest BCUT2D eigenvalue weighted by Gasteiger charge is 2.27. The highest BCUT2D eigenvalue weighted by molar-refractivity contribution is 6.00. The Morgan fingerprint density at radius 2 is 2.10 bits per heavy atom. The minimum Gasteiger partial charge on any atom is -0.438 e. The van der Waals surface area contributed by atoms with Crippen LogP contribution in [0.1, 0.15) is 39.2 Å². The number of hydrogen-bond acceptors (Lipinski definition) is 4. The van der Waals surface area contributed by atoms with Crippen LogP contribution in [0.15, 0.2) is 60.6 Å². The molecule has 0 atom stereocenters. The zero-order valence-electron chi connectivity index (χ0n) is 17.5. The molecular formula is C23H30FN3O2. The smallest absolute Gasteiger partial charge is 0.245 e. The van der Waals surface area contributed by atoms with E-state index in [0.29, 0.717) is 24.7 Å². The highest BCUT2D eigenvalue weighted by atomic mass is 19.1. The quantitative estimate of drug-likeness (QED) is 0.364. The maximum absolute atomic E-state index is 13.2. The molecule has 5 nitrogen and oxygen atoms in total. The zero-order valence-corrected chi connectivity index (χ0v) is 17.5. The summed E-state index contributed by atoms with van der Waals surface area (Å²) in [5, 5.41) is 0. The lowest BCUT2D eigenvalue weighted by Crippen LogP contribution is -2.40. The summed E-state index contributed by atoms with van der Waals surface area (Å²) in [5.41, 5.74) is 0.974. The van der Waals surface area contributed by atoms with E-state index in [1.165, 1.54) is 6.08 Å². The largest absolute Gasteiger partial charge is 0.438 e. The Labute approximate surface area is 172 Å². The number of ether oxygens (including phenoxy) is 1. The van der Waals surface area contributed by atoms with Crippen LogP contribution in [0.25, 0.3) is 0 Å². The van der Waals surface area contributed by atoms with E-state index < -0.39 is 12.1 Å². The summed E-state index contributed by atoms with van der Waals surface area (Å²) in [7, 11) is 0. The van der Waals surface area contributed by atoms with E-state index in [1.54, 1.807) is 23.4 Å². The van der Waals surface area contributed by atoms with Gasteiger partial charge in [0.05, 0.1) is 12.4 Å². The van der Waals surface area contributed by atoms with Gasteiger partial charge in [0, 0.05) is 42.9 Å². The molecule has 1 fully saturated rings. The van der Waals surface area contributed by atoms with Crippen LogP contribution in [0.4, 0.5) is 4.39 Å². The number of pyridine rings is 1. The van der Waals surface area contributed by atoms with E-state index in [1.807, 2.05) is 32.9 Å². The van der Waals surface area contributed by atoms with Gasteiger partial charge in [-0.3, -0.25) is 14.2 Å². The molecule has 1 aliphatic rings. The van der Waals surface area contributed by atoms with Gasteiger partial charge in [-0.15, -0.1) is 0 Å². The molecule has 2 heterocycles. The molecule has 0 aliphatic carbocycles. The third-order valence-electron chi connectivity index (χ3n) is 5.10. The molecule has 0 saturated carbocycles. The molecule has 6 heteroatoms. The molecule has 1 aliphatic heterocycles. The Kier molecular flexibility index (Phi) is 7.88. The first-order chi connectivity index (χ1) is 13.8. The lowest BCUT2D eigenvalue weighted by molar-refractivity contribution is -0.127. The van der Waals surface area contributed by atoms with Gasteiger partial charge in [-0.2, -0.15) is 0 Å². The second-order valence-electron chi connectivity index (χ2n) is 7.73. The van der Waals surface area contributed by atoms with Gasteiger partial charge in [0.1, 0.15) is 5.76 Å². The first-order valence-electron chi connectivity index (χ1n) is 9.82. The van der Waals surface area contributed by atoms with Crippen molar-refractivity contribution in [3.63, 3.8) is 0 Å². The Balaban J connectivity index is 2.10. The van der Waals surface area contributed by atoms with E-state index in [-0.39, 0.29) is 11.8 Å². The summed E-state index contributed by atoms with van der Waals surface area (Å²) in [5.74, 6) is 0.908. The van der Waals surface area contributed by atoms with Crippen LogP contribution in [0.3, 0.4) is 0 Å². The number of aromatic nitrogens is 1. The number of aliphatic imine (C=N–C) groups is 1. The number of carbonyl (C=O) groups excluding carboxylic acids is 1. The molecule has 0 unspecified atom stereocenters. The maximum Gasteiger partial charge on any atom is 0.245 e. The molecule has 0 radical (unpaired) electrons. The number of allylic oxidation sites excluding steroid dienone is 2. The van der Waals surface area contributed by atoms with E-state index in [9.17, 15) is 9.18 Å². The maximum atomic E-state index is 13.2. The summed E-state index contributed by atoms with van der Waals surface area (Å²) in [4.78, 5) is 22.4. The average molecular weight is 400 g/mol. The van der Waals surface area contributed by atoms with Crippen molar-refractivity contribution in [2.45, 2.75) is 39.0 Å². The molecule has 0 N–H and O–H groups in total. The molecular weight excluding hydrogens is 369 g/mol. The number of rotatable bonds is 8. The summed E-state index contributed by atoms with van der Waals surface area (Å²) >= 11 is 0. The fourth-order valence-electron chi connectivity index (χ4n) is 3.16. The van der Waals surface area contributed by atoms with Gasteiger partial charge in [0.2, 0.25) is 11.8 Å². The van der Waals surface area contributed by atoms with Gasteiger partial charge in [-0.05, 0) is 31.4 Å². The van der Waals surface area contributed by atoms with Gasteiger partial charge < -0.3 is 9.64 Å². The van der Waals surface area contributed by atoms with Crippen molar-refractivity contribution in [1.82, 2.24) is 9.88 Å². The fraction of sp³-hybridized carbons (Fsp3) is 0.435. The first-order valence-corrected chi connectivity index (χ1v) is 9.82. The van der Waals surface area contributed by atoms with Crippen LogP contribution in [-0.4, -0.2) is 41.3 Å². The summed E-state index contributed by atoms with van der Waals surface area (Å²) in [6, 6.07) is 3.54. The normalized spacial score (nSPS) is 16.1. The van der Waals surface area contributed by atoms with Crippen LogP contribution in [0.5, 0.6) is 5.88 Å². The van der Waals surface area contributed by atoms with Crippen LogP contribution in [0.2, 0.25) is 0 Å². The number of likely N-dealkylation sites (tertiary alicyclic amines) is 1. The monoisotopic (exact) mass is 399 g/mol. The highest BCUT2D eigenvalue weighted by Crippen LogP contribution is 2.26. The number of amides is 1. The lowest BCUT2D eigenvalue weighted by Gasteiger charge is -2.32. The molecule has 1 aromatic rings. The van der Waals surface area contributed by atoms with Gasteiger partial charge >= 0.3 is 0 Å². The number of piperidine rings is 1. The minimum absolute atomic E-state index is 0.0500. The SMILES string of the molecule is C=CC(=O)N1CCC(C(=N/C=C\C)C(=C)Oc2ccc(C(C)(C)CF)cn2)CC1. The predicted octanol–water partition coefficient (Wildman–Crippen LogP) is 4.62. The van der Waals surface area contributed by atoms with Crippen LogP contribution in [0, 0.1) is 5.92 Å². The molecule has 0 spiro atoms. The molecule has 2 rings (SSSR count). The van der Waals surface area contributed by atoms with E-state index >= 15 is 0 Å². The Morgan fingerprint density at radius 3 is 2.62 bits per heavy atom. The van der Waals surface area contributed by atoms with Gasteiger partial charge in [-0.25, -0.2) is 4.98 Å². The van der Waals surface area contributed by atoms with Crippen LogP contribution >= 0.6 is 0 Å². The van der Waals surface area contributed by atoms with Crippen molar-refractivity contribution < 1.29 is 13.9 Å². The standard InChI is InChI=1S/C23H30FN3O2/c1-6-12-25-22(18-10-13-27(14-11-18)21(28)7-2)17(3)29-20-9-8-19(15-26-20)23(4,5)16-24/h6-9,12,15,18H,2-3,10-11,13-14,16H2,1,4-5H3/b12-6-,25-22?. The molecule has 1 saturated heterocycles. The average Bonchev–Trinajstić information content (AvgIpc) is 2.74. The third-order valence-corrected chi connectivity index (χ3v) is 5.10. The van der Waals surface area contributed by atoms with E-state index in [2.05, 4.69) is 23.1 Å². The molecule has 1 amide bonds. The molecule has 0 bridgehead atoms. The number of nitrogens with zero attached hydrogens (tertiary/aromatic N) is 3. The Hall–Kier alpha value is -2.76. The molecule has 29 heavy (non-hydrogen) atoms. The fourth-order valence-corrected chi connectivity index (χ4v) is 3.16. The number of halogens is 1. The van der Waals surface area contributed by atoms with Crippen molar-refractivity contribution >= 4 is 11.6 Å². The second-order valence-corrected chi connectivity index (χ2v) is 7.73. The predicted molar refractivity (Wildman–Crippen MR) is 115 cm³/mol. The van der Waals surface area contributed by atoms with Gasteiger partial charge in [0.15, 0.2) is 0 Å². The van der Waals surface area contributed by atoms with E-state index in [0.717, 1.165) is 24.1 Å². The Morgan fingerprint density at radius 1 is 1.41 bits per heavy atom. The zero-order chi connectivity index (χ0) is 21.4. The topological polar surface area (TPSA) is 54.8 Å². The molecule has 1 aromatic heterocycles. The lowest BCUT2D eigenvalue weighted by atomic mass is 9.87. The molecule has 0 aromatic carbocycles. The van der Waals surface area contributed by atoms with Crippen LogP contribution < -0.4 is 4.74 Å². The van der Waals surface area contributed by atoms with Crippen molar-refractivity contribution in [1.29, 1.82) is 0 Å². The molecule has 156 valence electrons. The van der Waals surface area contributed by atoms with Crippen molar-refractivity contribution in [2.24, 2.45) is 10.9 Å². The third kappa shape index (κ3) is 5.86. The van der Waals surface area contributed by atoms with Crippen molar-refractivity contribution in [3.05, 3.63) is 61.2 Å². The van der Waals surface area contributed by atoms with Crippen LogP contribution in [-0.2, 0) is 10.2 Å². The number of alkyl halides is 1. The summed E-state index contributed by atoms with van der Waals surface area (Å²) < 4.78 is 19.0. The van der Waals surface area contributed by atoms with Crippen molar-refractivity contribution in [3.8, 4) is 5.88 Å². The number of carbonyl (C=O) groups is 1. The first kappa shape index (κ1) is 22.5. The minimum atomic E-state index is -0.585. The van der Waals surface area contributed by atoms with Crippen molar-refractivity contribution in [2.75, 3.05) is 19.8 Å². The van der Waals surface area contributed by atoms with Gasteiger partial charge in [-0.1, -0.05) is 39.1 Å². The number of hydrogen-bond donors (Lipinski definition) is 0.